The maximum atomic E-state index is 12.6. The van der Waals surface area contributed by atoms with Gasteiger partial charge < -0.3 is 21.1 Å². The van der Waals surface area contributed by atoms with Gasteiger partial charge in [-0.25, -0.2) is 4.79 Å². The molecule has 0 spiro atoms. The number of esters is 1. The zero-order chi connectivity index (χ0) is 21.6. The highest BCUT2D eigenvalue weighted by molar-refractivity contribution is 7.18. The van der Waals surface area contributed by atoms with E-state index in [-0.39, 0.29) is 46.5 Å². The molecule has 0 unspecified atom stereocenters. The molecule has 1 atom stereocenters. The normalized spacial score (nSPS) is 11.9. The molecule has 2 aromatic rings. The predicted molar refractivity (Wildman–Crippen MR) is 114 cm³/mol. The monoisotopic (exact) mass is 417 g/mol. The summed E-state index contributed by atoms with van der Waals surface area (Å²) in [6, 6.07) is 9.87. The van der Waals surface area contributed by atoms with Crippen molar-refractivity contribution >= 4 is 34.1 Å². The van der Waals surface area contributed by atoms with E-state index < -0.39 is 11.9 Å². The summed E-state index contributed by atoms with van der Waals surface area (Å²) in [7, 11) is 0. The number of nitrogens with two attached hydrogens (primary N) is 1. The zero-order valence-electron chi connectivity index (χ0n) is 17.1. The topological polar surface area (TPSA) is 111 Å². The molecule has 0 aliphatic rings. The molecule has 29 heavy (non-hydrogen) atoms. The quantitative estimate of drug-likeness (QED) is 0.543. The van der Waals surface area contributed by atoms with Crippen molar-refractivity contribution in [3.63, 3.8) is 0 Å². The zero-order valence-corrected chi connectivity index (χ0v) is 17.9. The molecule has 0 saturated carbocycles. The molecule has 0 bridgehead atoms. The molecule has 8 heteroatoms. The highest BCUT2D eigenvalue weighted by Crippen LogP contribution is 2.33. The molecule has 1 heterocycles. The molecule has 0 aliphatic carbocycles. The number of anilines is 1. The van der Waals surface area contributed by atoms with Crippen LogP contribution in [0.4, 0.5) is 5.00 Å². The number of thiophene rings is 1. The number of primary amides is 1. The van der Waals surface area contributed by atoms with Crippen molar-refractivity contribution in [3.8, 4) is 0 Å². The number of amides is 2. The summed E-state index contributed by atoms with van der Waals surface area (Å²) in [4.78, 5) is 36.7. The first-order valence-corrected chi connectivity index (χ1v) is 10.3. The summed E-state index contributed by atoms with van der Waals surface area (Å²) in [5, 5.41) is 6.24. The Labute approximate surface area is 174 Å². The van der Waals surface area contributed by atoms with Gasteiger partial charge in [0.15, 0.2) is 0 Å². The Hall–Kier alpha value is -2.71. The number of ether oxygens (including phenoxy) is 1. The van der Waals surface area contributed by atoms with Crippen LogP contribution in [0, 0.1) is 12.8 Å². The Morgan fingerprint density at radius 3 is 2.38 bits per heavy atom. The van der Waals surface area contributed by atoms with Crippen molar-refractivity contribution in [2.24, 2.45) is 11.7 Å². The minimum Gasteiger partial charge on any atom is -0.462 e. The summed E-state index contributed by atoms with van der Waals surface area (Å²) < 4.78 is 5.06. The molecule has 4 N–H and O–H groups in total. The Bertz CT molecular complexity index is 878. The van der Waals surface area contributed by atoms with Crippen LogP contribution < -0.4 is 16.4 Å². The maximum absolute atomic E-state index is 12.6. The van der Waals surface area contributed by atoms with Crippen LogP contribution in [0.15, 0.2) is 30.3 Å². The lowest BCUT2D eigenvalue weighted by atomic mass is 9.96. The van der Waals surface area contributed by atoms with Gasteiger partial charge in [0, 0.05) is 6.04 Å². The Balaban J connectivity index is 2.16. The highest BCUT2D eigenvalue weighted by Gasteiger charge is 2.26. The van der Waals surface area contributed by atoms with E-state index in [1.807, 2.05) is 30.3 Å². The van der Waals surface area contributed by atoms with E-state index in [0.717, 1.165) is 16.9 Å². The number of carbonyl (C=O) groups excluding carboxylic acids is 3. The first kappa shape index (κ1) is 22.6. The van der Waals surface area contributed by atoms with Crippen LogP contribution in [0.2, 0.25) is 0 Å². The van der Waals surface area contributed by atoms with Crippen LogP contribution in [0.5, 0.6) is 0 Å². The minimum absolute atomic E-state index is 0.00210. The van der Waals surface area contributed by atoms with E-state index >= 15 is 0 Å². The summed E-state index contributed by atoms with van der Waals surface area (Å²) in [5.74, 6) is -1.30. The van der Waals surface area contributed by atoms with Crippen LogP contribution in [0.3, 0.4) is 0 Å². The first-order chi connectivity index (χ1) is 13.8. The van der Waals surface area contributed by atoms with E-state index in [9.17, 15) is 14.4 Å². The van der Waals surface area contributed by atoms with Gasteiger partial charge in [-0.2, -0.15) is 0 Å². The predicted octanol–water partition coefficient (Wildman–Crippen LogP) is 3.26. The van der Waals surface area contributed by atoms with Crippen molar-refractivity contribution in [1.82, 2.24) is 5.32 Å². The Morgan fingerprint density at radius 2 is 1.83 bits per heavy atom. The van der Waals surface area contributed by atoms with Crippen LogP contribution >= 0.6 is 11.3 Å². The van der Waals surface area contributed by atoms with Crippen LogP contribution in [0.1, 0.15) is 58.0 Å². The van der Waals surface area contributed by atoms with Crippen LogP contribution in [-0.4, -0.2) is 30.9 Å². The molecule has 2 rings (SSSR count). The van der Waals surface area contributed by atoms with Gasteiger partial charge in [-0.3, -0.25) is 9.59 Å². The van der Waals surface area contributed by atoms with Crippen molar-refractivity contribution in [2.75, 3.05) is 18.5 Å². The Kier molecular flexibility index (Phi) is 7.92. The number of hydrogen-bond donors (Lipinski definition) is 3. The smallest absolute Gasteiger partial charge is 0.341 e. The minimum atomic E-state index is -0.652. The van der Waals surface area contributed by atoms with E-state index in [1.165, 1.54) is 0 Å². The van der Waals surface area contributed by atoms with Gasteiger partial charge >= 0.3 is 5.97 Å². The average Bonchev–Trinajstić information content (AvgIpc) is 2.99. The van der Waals surface area contributed by atoms with E-state index in [1.54, 1.807) is 13.8 Å². The van der Waals surface area contributed by atoms with E-state index in [0.29, 0.717) is 5.56 Å². The largest absolute Gasteiger partial charge is 0.462 e. The fourth-order valence-corrected chi connectivity index (χ4v) is 4.12. The van der Waals surface area contributed by atoms with Gasteiger partial charge in [0.05, 0.1) is 23.6 Å². The van der Waals surface area contributed by atoms with Gasteiger partial charge in [-0.15, -0.1) is 11.3 Å². The van der Waals surface area contributed by atoms with Crippen molar-refractivity contribution in [1.29, 1.82) is 0 Å². The third kappa shape index (κ3) is 5.65. The maximum Gasteiger partial charge on any atom is 0.341 e. The molecule has 156 valence electrons. The SMILES string of the molecule is CCOC(=O)c1c(NC(=O)CN[C@H](c2ccccc2)C(C)C)sc(C(N)=O)c1C. The number of carbonyl (C=O) groups is 3. The van der Waals surface area contributed by atoms with Gasteiger partial charge in [0.1, 0.15) is 5.00 Å². The van der Waals surface area contributed by atoms with Gasteiger partial charge in [-0.1, -0.05) is 44.2 Å². The van der Waals surface area contributed by atoms with Gasteiger partial charge in [0.25, 0.3) is 5.91 Å². The molecule has 0 aliphatic heterocycles. The third-order valence-corrected chi connectivity index (χ3v) is 5.63. The summed E-state index contributed by atoms with van der Waals surface area (Å²) >= 11 is 0.979. The molecule has 7 nitrogen and oxygen atoms in total. The molecule has 2 amide bonds. The molecule has 0 fully saturated rings. The molecule has 1 aromatic carbocycles. The standard InChI is InChI=1S/C21H27N3O4S/c1-5-28-21(27)16-13(4)18(19(22)26)29-20(16)24-15(25)11-23-17(12(2)3)14-9-7-6-8-10-14/h6-10,12,17,23H,5,11H2,1-4H3,(H2,22,26)(H,24,25)/t17-/m0/s1. The number of nitrogens with one attached hydrogen (secondary N) is 2. The van der Waals surface area contributed by atoms with Crippen molar-refractivity contribution in [2.45, 2.75) is 33.7 Å². The van der Waals surface area contributed by atoms with Crippen molar-refractivity contribution < 1.29 is 19.1 Å². The summed E-state index contributed by atoms with van der Waals surface area (Å²) in [6.07, 6.45) is 0. The number of benzene rings is 1. The van der Waals surface area contributed by atoms with E-state index in [2.05, 4.69) is 24.5 Å². The molecule has 1 aromatic heterocycles. The molecular weight excluding hydrogens is 390 g/mol. The van der Waals surface area contributed by atoms with E-state index in [4.69, 9.17) is 10.5 Å². The molecule has 0 saturated heterocycles. The lowest BCUT2D eigenvalue weighted by Crippen LogP contribution is -2.33. The average molecular weight is 418 g/mol. The lowest BCUT2D eigenvalue weighted by Gasteiger charge is -2.22. The fourth-order valence-electron chi connectivity index (χ4n) is 3.06. The second-order valence-corrected chi connectivity index (χ2v) is 7.93. The van der Waals surface area contributed by atoms with Crippen LogP contribution in [-0.2, 0) is 9.53 Å². The summed E-state index contributed by atoms with van der Waals surface area (Å²) in [6.45, 7) is 7.67. The second kappa shape index (κ2) is 10.2. The van der Waals surface area contributed by atoms with Crippen molar-refractivity contribution in [3.05, 3.63) is 51.9 Å². The number of rotatable bonds is 9. The molecule has 0 radical (unpaired) electrons. The fraction of sp³-hybridized carbons (Fsp3) is 0.381. The second-order valence-electron chi connectivity index (χ2n) is 6.91. The first-order valence-electron chi connectivity index (χ1n) is 9.44. The summed E-state index contributed by atoms with van der Waals surface area (Å²) in [5.41, 5.74) is 7.06. The Morgan fingerprint density at radius 1 is 1.17 bits per heavy atom. The lowest BCUT2D eigenvalue weighted by molar-refractivity contribution is -0.115. The highest BCUT2D eigenvalue weighted by atomic mass is 32.1. The van der Waals surface area contributed by atoms with Crippen LogP contribution in [0.25, 0.3) is 0 Å². The third-order valence-electron chi connectivity index (χ3n) is 4.41. The molecular formula is C21H27N3O4S. The number of hydrogen-bond acceptors (Lipinski definition) is 6. The van der Waals surface area contributed by atoms with Gasteiger partial charge in [0.2, 0.25) is 5.91 Å². The van der Waals surface area contributed by atoms with Gasteiger partial charge in [-0.05, 0) is 30.9 Å².